The molecule has 1 aliphatic heterocycles. The summed E-state index contributed by atoms with van der Waals surface area (Å²) in [6.45, 7) is 4.67. The van der Waals surface area contributed by atoms with Crippen LogP contribution in [0.25, 0.3) is 0 Å². The molecule has 1 N–H and O–H groups in total. The molecule has 1 heterocycles. The molecule has 2 atom stereocenters. The molecule has 0 radical (unpaired) electrons. The molecule has 2 fully saturated rings. The van der Waals surface area contributed by atoms with Gasteiger partial charge in [-0.25, -0.2) is 4.72 Å². The van der Waals surface area contributed by atoms with Crippen LogP contribution < -0.4 is 4.72 Å². The average molecular weight is 234 g/mol. The van der Waals surface area contributed by atoms with Crippen LogP contribution in [0.5, 0.6) is 0 Å². The Hall–Kier alpha value is -0.170. The third-order valence-corrected chi connectivity index (χ3v) is 4.69. The van der Waals surface area contributed by atoms with Gasteiger partial charge in [-0.1, -0.05) is 6.92 Å². The summed E-state index contributed by atoms with van der Waals surface area (Å²) in [5.41, 5.74) is 0. The number of rotatable bonds is 4. The lowest BCUT2D eigenvalue weighted by molar-refractivity contribution is 0.0725. The zero-order valence-electron chi connectivity index (χ0n) is 8.98. The molecular formula is C9H18N2O3S. The van der Waals surface area contributed by atoms with Crippen LogP contribution in [0, 0.1) is 11.8 Å². The Morgan fingerprint density at radius 1 is 1.40 bits per heavy atom. The summed E-state index contributed by atoms with van der Waals surface area (Å²) in [5.74, 6) is 1.22. The lowest BCUT2D eigenvalue weighted by atomic mass is 10.3. The second-order valence-electron chi connectivity index (χ2n) is 4.34. The Morgan fingerprint density at radius 2 is 2.00 bits per heavy atom. The quantitative estimate of drug-likeness (QED) is 0.733. The third kappa shape index (κ3) is 2.90. The fourth-order valence-corrected chi connectivity index (χ4v) is 3.01. The monoisotopic (exact) mass is 234 g/mol. The highest BCUT2D eigenvalue weighted by Gasteiger charge is 2.34. The minimum Gasteiger partial charge on any atom is -0.379 e. The van der Waals surface area contributed by atoms with Crippen LogP contribution in [0.3, 0.4) is 0 Å². The first kappa shape index (κ1) is 11.3. The predicted octanol–water partition coefficient (Wildman–Crippen LogP) is -0.191. The van der Waals surface area contributed by atoms with Gasteiger partial charge in [-0.15, -0.1) is 0 Å². The van der Waals surface area contributed by atoms with Crippen molar-refractivity contribution in [1.82, 2.24) is 9.03 Å². The van der Waals surface area contributed by atoms with E-state index in [2.05, 4.69) is 11.6 Å². The fraction of sp³-hybridized carbons (Fsp3) is 1.00. The zero-order valence-corrected chi connectivity index (χ0v) is 9.79. The van der Waals surface area contributed by atoms with E-state index in [-0.39, 0.29) is 0 Å². The van der Waals surface area contributed by atoms with Crippen molar-refractivity contribution in [3.8, 4) is 0 Å². The standard InChI is InChI=1S/C9H18N2O3S/c1-8-6-9(8)7-10-15(12,13)11-2-4-14-5-3-11/h8-10H,2-7H2,1H3/t8-,9-/m0/s1. The Balaban J connectivity index is 1.82. The highest BCUT2D eigenvalue weighted by molar-refractivity contribution is 7.87. The van der Waals surface area contributed by atoms with E-state index in [1.165, 1.54) is 4.31 Å². The topological polar surface area (TPSA) is 58.6 Å². The first-order valence-corrected chi connectivity index (χ1v) is 6.86. The Labute approximate surface area is 91.0 Å². The summed E-state index contributed by atoms with van der Waals surface area (Å²) in [6.07, 6.45) is 1.14. The van der Waals surface area contributed by atoms with Crippen molar-refractivity contribution >= 4 is 10.2 Å². The lowest BCUT2D eigenvalue weighted by Crippen LogP contribution is -2.47. The molecule has 88 valence electrons. The van der Waals surface area contributed by atoms with Gasteiger partial charge in [0.2, 0.25) is 0 Å². The molecule has 0 unspecified atom stereocenters. The van der Waals surface area contributed by atoms with E-state index in [0.29, 0.717) is 44.7 Å². The number of hydrogen-bond donors (Lipinski definition) is 1. The van der Waals surface area contributed by atoms with Gasteiger partial charge < -0.3 is 4.74 Å². The molecule has 0 bridgehead atoms. The van der Waals surface area contributed by atoms with E-state index in [0.717, 1.165) is 6.42 Å². The molecule has 1 aliphatic carbocycles. The van der Waals surface area contributed by atoms with Crippen LogP contribution in [0.4, 0.5) is 0 Å². The fourth-order valence-electron chi connectivity index (χ4n) is 1.77. The van der Waals surface area contributed by atoms with Crippen molar-refractivity contribution in [3.05, 3.63) is 0 Å². The summed E-state index contributed by atoms with van der Waals surface area (Å²) in [4.78, 5) is 0. The maximum atomic E-state index is 11.8. The number of nitrogens with zero attached hydrogens (tertiary/aromatic N) is 1. The molecule has 5 nitrogen and oxygen atoms in total. The molecule has 6 heteroatoms. The smallest absolute Gasteiger partial charge is 0.279 e. The molecule has 2 aliphatic rings. The maximum Gasteiger partial charge on any atom is 0.279 e. The van der Waals surface area contributed by atoms with Crippen molar-refractivity contribution in [2.24, 2.45) is 11.8 Å². The first-order chi connectivity index (χ1) is 7.09. The van der Waals surface area contributed by atoms with Gasteiger partial charge in [-0.2, -0.15) is 12.7 Å². The molecule has 0 aromatic rings. The van der Waals surface area contributed by atoms with Gasteiger partial charge in [-0.05, 0) is 18.3 Å². The van der Waals surface area contributed by atoms with E-state index in [9.17, 15) is 8.42 Å². The largest absolute Gasteiger partial charge is 0.379 e. The van der Waals surface area contributed by atoms with E-state index >= 15 is 0 Å². The van der Waals surface area contributed by atoms with E-state index in [1.807, 2.05) is 0 Å². The summed E-state index contributed by atoms with van der Waals surface area (Å²) in [5, 5.41) is 0. The first-order valence-electron chi connectivity index (χ1n) is 5.42. The number of morpholine rings is 1. The van der Waals surface area contributed by atoms with Gasteiger partial charge in [0, 0.05) is 19.6 Å². The van der Waals surface area contributed by atoms with Crippen LogP contribution in [-0.4, -0.2) is 45.6 Å². The normalized spacial score (nSPS) is 32.9. The van der Waals surface area contributed by atoms with Crippen LogP contribution in [-0.2, 0) is 14.9 Å². The number of hydrogen-bond acceptors (Lipinski definition) is 3. The molecule has 1 saturated carbocycles. The average Bonchev–Trinajstić information content (AvgIpc) is 2.93. The second kappa shape index (κ2) is 4.37. The second-order valence-corrected chi connectivity index (χ2v) is 6.09. The molecule has 1 saturated heterocycles. The summed E-state index contributed by atoms with van der Waals surface area (Å²) in [7, 11) is -3.26. The van der Waals surface area contributed by atoms with Gasteiger partial charge in [0.25, 0.3) is 10.2 Å². The van der Waals surface area contributed by atoms with Crippen molar-refractivity contribution in [3.63, 3.8) is 0 Å². The third-order valence-electron chi connectivity index (χ3n) is 3.11. The SMILES string of the molecule is C[C@H]1C[C@H]1CNS(=O)(=O)N1CCOCC1. The number of nitrogens with one attached hydrogen (secondary N) is 1. The van der Waals surface area contributed by atoms with Gasteiger partial charge in [-0.3, -0.25) is 0 Å². The molecular weight excluding hydrogens is 216 g/mol. The van der Waals surface area contributed by atoms with Crippen molar-refractivity contribution in [2.75, 3.05) is 32.8 Å². The van der Waals surface area contributed by atoms with E-state index < -0.39 is 10.2 Å². The van der Waals surface area contributed by atoms with Crippen molar-refractivity contribution < 1.29 is 13.2 Å². The lowest BCUT2D eigenvalue weighted by Gasteiger charge is -2.26. The zero-order chi connectivity index (χ0) is 10.9. The highest BCUT2D eigenvalue weighted by atomic mass is 32.2. The van der Waals surface area contributed by atoms with Gasteiger partial charge in [0.05, 0.1) is 13.2 Å². The minimum atomic E-state index is -3.26. The summed E-state index contributed by atoms with van der Waals surface area (Å²) >= 11 is 0. The van der Waals surface area contributed by atoms with Gasteiger partial charge in [0.1, 0.15) is 0 Å². The summed E-state index contributed by atoms with van der Waals surface area (Å²) in [6, 6.07) is 0. The van der Waals surface area contributed by atoms with Gasteiger partial charge in [0.15, 0.2) is 0 Å². The molecule has 0 spiro atoms. The van der Waals surface area contributed by atoms with Crippen molar-refractivity contribution in [1.29, 1.82) is 0 Å². The maximum absolute atomic E-state index is 11.8. The number of ether oxygens (including phenoxy) is 1. The molecule has 2 rings (SSSR count). The summed E-state index contributed by atoms with van der Waals surface area (Å²) < 4.78 is 32.8. The van der Waals surface area contributed by atoms with Crippen LogP contribution in [0.1, 0.15) is 13.3 Å². The van der Waals surface area contributed by atoms with Crippen LogP contribution in [0.2, 0.25) is 0 Å². The van der Waals surface area contributed by atoms with Gasteiger partial charge >= 0.3 is 0 Å². The van der Waals surface area contributed by atoms with Crippen LogP contribution >= 0.6 is 0 Å². The van der Waals surface area contributed by atoms with E-state index in [4.69, 9.17) is 4.74 Å². The molecule has 0 aromatic heterocycles. The minimum absolute atomic E-state index is 0.468. The van der Waals surface area contributed by atoms with Crippen LogP contribution in [0.15, 0.2) is 0 Å². The molecule has 0 aromatic carbocycles. The van der Waals surface area contributed by atoms with E-state index in [1.54, 1.807) is 0 Å². The Bertz CT molecular complexity index is 311. The molecule has 15 heavy (non-hydrogen) atoms. The Morgan fingerprint density at radius 3 is 2.53 bits per heavy atom. The highest BCUT2D eigenvalue weighted by Crippen LogP contribution is 2.36. The molecule has 0 amide bonds. The predicted molar refractivity (Wildman–Crippen MR) is 56.6 cm³/mol. The van der Waals surface area contributed by atoms with Crippen molar-refractivity contribution in [2.45, 2.75) is 13.3 Å². The Kier molecular flexibility index (Phi) is 3.30.